The Kier molecular flexibility index (Phi) is 8.47. The van der Waals surface area contributed by atoms with Gasteiger partial charge < -0.3 is 14.4 Å². The van der Waals surface area contributed by atoms with Crippen LogP contribution in [0.1, 0.15) is 0 Å². The molecular weight excluding hydrogens is 767 g/mol. The summed E-state index contributed by atoms with van der Waals surface area (Å²) in [6.45, 7) is 0. The summed E-state index contributed by atoms with van der Waals surface area (Å²) in [5.41, 5.74) is 8.90. The molecule has 2 aliphatic heterocycles. The van der Waals surface area contributed by atoms with E-state index >= 15 is 0 Å². The first-order chi connectivity index (χ1) is 28.5. The van der Waals surface area contributed by atoms with E-state index < -0.39 is 10.0 Å². The molecule has 3 nitrogen and oxygen atoms in total. The van der Waals surface area contributed by atoms with Gasteiger partial charge in [-0.3, -0.25) is 0 Å². The maximum absolute atomic E-state index is 6.69. The molecule has 0 aliphatic carbocycles. The number of benzene rings is 8. The SMILES string of the molecule is CS1(C)c2ccccc2Oc2c(-c3ccc(N(c4ccc(-c5cccc6c5Oc5ccccc5S6)cc4)c4ccc5sc(-c6ccccc6)cc5c4)cc3)cccc21. The summed E-state index contributed by atoms with van der Waals surface area (Å²) in [6.07, 6.45) is 4.74. The lowest BCUT2D eigenvalue weighted by molar-refractivity contribution is 0.454. The van der Waals surface area contributed by atoms with E-state index in [1.54, 1.807) is 11.8 Å². The van der Waals surface area contributed by atoms with Crippen molar-refractivity contribution in [3.05, 3.63) is 188 Å². The highest BCUT2D eigenvalue weighted by atomic mass is 32.3. The first kappa shape index (κ1) is 35.0. The normalized spacial score (nSPS) is 13.9. The largest absolute Gasteiger partial charge is 0.454 e. The van der Waals surface area contributed by atoms with E-state index in [1.165, 1.54) is 30.3 Å². The Morgan fingerprint density at radius 2 is 1.03 bits per heavy atom. The first-order valence-electron chi connectivity index (χ1n) is 19.3. The number of hydrogen-bond acceptors (Lipinski definition) is 5. The molecule has 0 saturated heterocycles. The lowest BCUT2D eigenvalue weighted by Crippen LogP contribution is -2.10. The average Bonchev–Trinajstić information content (AvgIpc) is 3.70. The van der Waals surface area contributed by atoms with Crippen LogP contribution in [0.2, 0.25) is 0 Å². The van der Waals surface area contributed by atoms with Crippen LogP contribution < -0.4 is 14.4 Å². The van der Waals surface area contributed by atoms with Gasteiger partial charge in [-0.05, 0) is 120 Å². The molecule has 0 fully saturated rings. The fourth-order valence-electron chi connectivity index (χ4n) is 8.15. The van der Waals surface area contributed by atoms with Crippen LogP contribution in [-0.2, 0) is 0 Å². The maximum atomic E-state index is 6.69. The molecule has 0 bridgehead atoms. The molecule has 0 atom stereocenters. The molecular formula is C52H37NO2S3. The van der Waals surface area contributed by atoms with Gasteiger partial charge in [0.05, 0.1) is 9.79 Å². The summed E-state index contributed by atoms with van der Waals surface area (Å²) in [5.74, 6) is 3.73. The summed E-state index contributed by atoms with van der Waals surface area (Å²) in [7, 11) is -1.24. The number of nitrogens with zero attached hydrogens (tertiary/aromatic N) is 1. The number of hydrogen-bond donors (Lipinski definition) is 0. The Bertz CT molecular complexity index is 3010. The first-order valence-corrected chi connectivity index (χ1v) is 23.4. The number of fused-ring (bicyclic) bond motifs is 5. The van der Waals surface area contributed by atoms with Gasteiger partial charge in [0, 0.05) is 47.6 Å². The van der Waals surface area contributed by atoms with Gasteiger partial charge in [0.2, 0.25) is 0 Å². The van der Waals surface area contributed by atoms with Crippen molar-refractivity contribution in [2.75, 3.05) is 17.4 Å². The molecule has 11 rings (SSSR count). The predicted molar refractivity (Wildman–Crippen MR) is 246 cm³/mol. The third-order valence-electron chi connectivity index (χ3n) is 11.1. The third kappa shape index (κ3) is 5.99. The topological polar surface area (TPSA) is 21.7 Å². The summed E-state index contributed by atoms with van der Waals surface area (Å²) in [5, 5.41) is 1.23. The van der Waals surface area contributed by atoms with Gasteiger partial charge in [0.25, 0.3) is 0 Å². The van der Waals surface area contributed by atoms with Crippen molar-refractivity contribution >= 4 is 60.3 Å². The van der Waals surface area contributed by atoms with Gasteiger partial charge in [0.15, 0.2) is 0 Å². The van der Waals surface area contributed by atoms with E-state index in [-0.39, 0.29) is 0 Å². The lowest BCUT2D eigenvalue weighted by atomic mass is 10.0. The number of ether oxygens (including phenoxy) is 2. The monoisotopic (exact) mass is 803 g/mol. The maximum Gasteiger partial charge on any atom is 0.149 e. The quantitative estimate of drug-likeness (QED) is 0.167. The minimum atomic E-state index is -1.24. The minimum absolute atomic E-state index is 0.898. The number of thiophene rings is 1. The Morgan fingerprint density at radius 1 is 0.448 bits per heavy atom. The lowest BCUT2D eigenvalue weighted by Gasteiger charge is -2.39. The van der Waals surface area contributed by atoms with Crippen LogP contribution in [0.3, 0.4) is 0 Å². The Labute approximate surface area is 348 Å². The second kappa shape index (κ2) is 14.0. The van der Waals surface area contributed by atoms with Crippen LogP contribution >= 0.6 is 33.1 Å². The van der Waals surface area contributed by atoms with Gasteiger partial charge in [0.1, 0.15) is 23.0 Å². The smallest absolute Gasteiger partial charge is 0.149 e. The van der Waals surface area contributed by atoms with E-state index in [2.05, 4.69) is 193 Å². The molecule has 6 heteroatoms. The van der Waals surface area contributed by atoms with Crippen molar-refractivity contribution in [2.24, 2.45) is 0 Å². The number of para-hydroxylation sites is 4. The van der Waals surface area contributed by atoms with Gasteiger partial charge in [-0.1, -0.05) is 115 Å². The van der Waals surface area contributed by atoms with Crippen LogP contribution in [0.25, 0.3) is 42.8 Å². The summed E-state index contributed by atoms with van der Waals surface area (Å²) in [4.78, 5) is 8.46. The van der Waals surface area contributed by atoms with Gasteiger partial charge in [-0.15, -0.1) is 11.3 Å². The Hall–Kier alpha value is -6.18. The molecule has 1 aromatic heterocycles. The van der Waals surface area contributed by atoms with Crippen LogP contribution in [0.15, 0.2) is 208 Å². The molecule has 8 aromatic carbocycles. The van der Waals surface area contributed by atoms with Gasteiger partial charge >= 0.3 is 0 Å². The Balaban J connectivity index is 0.988. The minimum Gasteiger partial charge on any atom is -0.454 e. The summed E-state index contributed by atoms with van der Waals surface area (Å²) in [6, 6.07) is 67.4. The fraction of sp³-hybridized carbons (Fsp3) is 0.0385. The molecule has 0 unspecified atom stereocenters. The van der Waals surface area contributed by atoms with Crippen molar-refractivity contribution in [1.82, 2.24) is 0 Å². The fourth-order valence-corrected chi connectivity index (χ4v) is 12.5. The molecule has 9 aromatic rings. The molecule has 280 valence electrons. The number of rotatable bonds is 6. The molecule has 2 aliphatic rings. The second-order valence-corrected chi connectivity index (χ2v) is 20.6. The van der Waals surface area contributed by atoms with Crippen LogP contribution in [0.5, 0.6) is 23.0 Å². The van der Waals surface area contributed by atoms with Crippen LogP contribution in [0, 0.1) is 0 Å². The van der Waals surface area contributed by atoms with E-state index in [9.17, 15) is 0 Å². The summed E-state index contributed by atoms with van der Waals surface area (Å²) >= 11 is 3.59. The van der Waals surface area contributed by atoms with Crippen molar-refractivity contribution in [1.29, 1.82) is 0 Å². The average molecular weight is 804 g/mol. The Morgan fingerprint density at radius 3 is 1.79 bits per heavy atom. The highest BCUT2D eigenvalue weighted by Crippen LogP contribution is 2.67. The predicted octanol–water partition coefficient (Wildman–Crippen LogP) is 16.2. The summed E-state index contributed by atoms with van der Waals surface area (Å²) < 4.78 is 14.5. The zero-order valence-corrected chi connectivity index (χ0v) is 34.3. The molecule has 0 radical (unpaired) electrons. The van der Waals surface area contributed by atoms with E-state index in [1.807, 2.05) is 23.5 Å². The van der Waals surface area contributed by atoms with Crippen molar-refractivity contribution < 1.29 is 9.47 Å². The molecule has 0 saturated carbocycles. The highest BCUT2D eigenvalue weighted by molar-refractivity contribution is 8.32. The molecule has 3 heterocycles. The van der Waals surface area contributed by atoms with Gasteiger partial charge in [-0.2, -0.15) is 10.0 Å². The van der Waals surface area contributed by atoms with Crippen molar-refractivity contribution in [3.8, 4) is 55.7 Å². The van der Waals surface area contributed by atoms with E-state index in [4.69, 9.17) is 9.47 Å². The zero-order chi connectivity index (χ0) is 38.8. The van der Waals surface area contributed by atoms with Crippen LogP contribution in [0.4, 0.5) is 17.1 Å². The van der Waals surface area contributed by atoms with E-state index in [0.717, 1.165) is 72.1 Å². The molecule has 0 amide bonds. The molecule has 0 spiro atoms. The molecule has 58 heavy (non-hydrogen) atoms. The highest BCUT2D eigenvalue weighted by Gasteiger charge is 2.32. The number of anilines is 3. The zero-order valence-electron chi connectivity index (χ0n) is 31.9. The molecule has 0 N–H and O–H groups in total. The van der Waals surface area contributed by atoms with E-state index in [0.29, 0.717) is 0 Å². The second-order valence-electron chi connectivity index (χ2n) is 14.9. The standard InChI is InChI=1S/C52H37NO2S3/c1-58(2)49-20-9-7-17-44(49)55-52-42(15-11-21-50(52)58)35-24-28-39(29-25-35)53(40-30-31-45-37(32-40)33-48(56-45)36-12-4-3-5-13-36)38-26-22-34(23-27-38)41-14-10-19-47-51(41)54-43-16-6-8-18-46(43)57-47/h3-33H,1-2H3. The van der Waals surface area contributed by atoms with Crippen molar-refractivity contribution in [3.63, 3.8) is 0 Å². The van der Waals surface area contributed by atoms with Gasteiger partial charge in [-0.25, -0.2) is 0 Å². The van der Waals surface area contributed by atoms with Crippen molar-refractivity contribution in [2.45, 2.75) is 19.6 Å². The van der Waals surface area contributed by atoms with Crippen LogP contribution in [-0.4, -0.2) is 12.5 Å². The third-order valence-corrected chi connectivity index (χ3v) is 16.2.